The third kappa shape index (κ3) is 3.09. The highest BCUT2D eigenvalue weighted by atomic mass is 35.5. The summed E-state index contributed by atoms with van der Waals surface area (Å²) in [6.07, 6.45) is 0. The molecule has 0 spiro atoms. The first-order chi connectivity index (χ1) is 15.0. The van der Waals surface area contributed by atoms with Crippen LogP contribution in [0.15, 0.2) is 72.8 Å². The average Bonchev–Trinajstić information content (AvgIpc) is 3.03. The maximum atomic E-state index is 13.8. The molecule has 0 fully saturated rings. The minimum absolute atomic E-state index is 0.350. The summed E-state index contributed by atoms with van der Waals surface area (Å²) in [5.74, 6) is -1.10. The number of hydrogen-bond acceptors (Lipinski definition) is 3. The molecular weight excluding hydrogens is 415 g/mol. The summed E-state index contributed by atoms with van der Waals surface area (Å²) >= 11 is 6.45. The molecule has 4 nitrogen and oxygen atoms in total. The topological polar surface area (TPSA) is 50.3 Å². The molecule has 2 heterocycles. The second-order valence-electron chi connectivity index (χ2n) is 7.44. The van der Waals surface area contributed by atoms with Crippen molar-refractivity contribution in [2.75, 3.05) is 0 Å². The first-order valence-electron chi connectivity index (χ1n) is 9.77. The van der Waals surface area contributed by atoms with Gasteiger partial charge in [0.2, 0.25) is 0 Å². The highest BCUT2D eigenvalue weighted by Crippen LogP contribution is 2.38. The lowest BCUT2D eigenvalue weighted by Crippen LogP contribution is -2.33. The lowest BCUT2D eigenvalue weighted by Gasteiger charge is -2.25. The van der Waals surface area contributed by atoms with E-state index in [-0.39, 0.29) is 11.8 Å². The van der Waals surface area contributed by atoms with Crippen LogP contribution in [0.4, 0.5) is 4.39 Å². The Balaban J connectivity index is 1.71. The lowest BCUT2D eigenvalue weighted by molar-refractivity contribution is 0.0595. The van der Waals surface area contributed by atoms with Gasteiger partial charge in [0.1, 0.15) is 5.82 Å². The Bertz CT molecular complexity index is 1350. The summed E-state index contributed by atoms with van der Waals surface area (Å²) in [6, 6.07) is 19.5. The first-order valence-corrected chi connectivity index (χ1v) is 10.2. The maximum absolute atomic E-state index is 13.8. The van der Waals surface area contributed by atoms with Crippen LogP contribution in [0.25, 0.3) is 22.2 Å². The van der Waals surface area contributed by atoms with E-state index >= 15 is 0 Å². The number of aromatic nitrogens is 1. The number of nitrogens with zero attached hydrogens (tertiary/aromatic N) is 2. The summed E-state index contributed by atoms with van der Waals surface area (Å²) in [5, 5.41) is 1.18. The van der Waals surface area contributed by atoms with Crippen molar-refractivity contribution in [3.05, 3.63) is 100 Å². The molecule has 0 saturated carbocycles. The Hall–Kier alpha value is -3.57. The lowest BCUT2D eigenvalue weighted by atomic mass is 9.97. The molecule has 0 bridgehead atoms. The summed E-state index contributed by atoms with van der Waals surface area (Å²) in [5.41, 5.74) is 3.04. The molecular formula is C25H16ClFN2O2. The third-order valence-corrected chi connectivity index (χ3v) is 5.93. The zero-order valence-corrected chi connectivity index (χ0v) is 17.2. The van der Waals surface area contributed by atoms with Crippen molar-refractivity contribution in [1.82, 2.24) is 9.88 Å². The SMILES string of the molecule is CC(c1cc2ccc(F)cc2nc1-c1ccccc1Cl)N1C(=O)c2ccccc2C1=O. The van der Waals surface area contributed by atoms with Crippen molar-refractivity contribution < 1.29 is 14.0 Å². The fourth-order valence-corrected chi connectivity index (χ4v) is 4.27. The molecule has 6 heteroatoms. The Labute approximate surface area is 182 Å². The van der Waals surface area contributed by atoms with E-state index in [1.165, 1.54) is 17.0 Å². The van der Waals surface area contributed by atoms with Gasteiger partial charge >= 0.3 is 0 Å². The van der Waals surface area contributed by atoms with Crippen molar-refractivity contribution in [3.8, 4) is 11.3 Å². The van der Waals surface area contributed by atoms with Crippen LogP contribution in [0, 0.1) is 5.82 Å². The highest BCUT2D eigenvalue weighted by molar-refractivity contribution is 6.33. The van der Waals surface area contributed by atoms with Gasteiger partial charge in [0.15, 0.2) is 0 Å². The molecule has 1 aliphatic rings. The van der Waals surface area contributed by atoms with Crippen LogP contribution in [-0.4, -0.2) is 21.7 Å². The number of carbonyl (C=O) groups is 2. The Morgan fingerprint density at radius 1 is 0.871 bits per heavy atom. The minimum atomic E-state index is -0.611. The van der Waals surface area contributed by atoms with E-state index in [4.69, 9.17) is 11.6 Å². The first kappa shape index (κ1) is 19.4. The van der Waals surface area contributed by atoms with Crippen LogP contribution >= 0.6 is 11.6 Å². The molecule has 4 aromatic rings. The van der Waals surface area contributed by atoms with Crippen LogP contribution < -0.4 is 0 Å². The average molecular weight is 431 g/mol. The van der Waals surface area contributed by atoms with Gasteiger partial charge in [0, 0.05) is 27.6 Å². The van der Waals surface area contributed by atoms with Gasteiger partial charge in [0.25, 0.3) is 11.8 Å². The molecule has 0 aliphatic carbocycles. The third-order valence-electron chi connectivity index (χ3n) is 5.60. The predicted octanol–water partition coefficient (Wildman–Crippen LogP) is 6.05. The number of pyridine rings is 1. The number of amides is 2. The maximum Gasteiger partial charge on any atom is 0.262 e. The van der Waals surface area contributed by atoms with Crippen LogP contribution in [-0.2, 0) is 0 Å². The smallest absolute Gasteiger partial charge is 0.262 e. The molecule has 3 aromatic carbocycles. The van der Waals surface area contributed by atoms with E-state index in [0.717, 1.165) is 0 Å². The second-order valence-corrected chi connectivity index (χ2v) is 7.85. The van der Waals surface area contributed by atoms with Gasteiger partial charge in [-0.15, -0.1) is 0 Å². The largest absolute Gasteiger partial charge is 0.269 e. The molecule has 2 amide bonds. The Morgan fingerprint density at radius 3 is 2.13 bits per heavy atom. The van der Waals surface area contributed by atoms with Crippen LogP contribution in [0.1, 0.15) is 39.2 Å². The number of halogens is 2. The van der Waals surface area contributed by atoms with Crippen molar-refractivity contribution in [2.24, 2.45) is 0 Å². The standard InChI is InChI=1S/C25H16ClFN2O2/c1-14(29-24(30)17-6-2-3-7-18(17)25(29)31)20-12-15-10-11-16(27)13-22(15)28-23(20)19-8-4-5-9-21(19)26/h2-14H,1H3. The number of fused-ring (bicyclic) bond motifs is 2. The highest BCUT2D eigenvalue weighted by Gasteiger charge is 2.39. The number of imide groups is 1. The number of hydrogen-bond donors (Lipinski definition) is 0. The molecule has 1 aliphatic heterocycles. The molecule has 31 heavy (non-hydrogen) atoms. The van der Waals surface area contributed by atoms with E-state index in [0.29, 0.717) is 43.9 Å². The second kappa shape index (κ2) is 7.29. The van der Waals surface area contributed by atoms with Gasteiger partial charge < -0.3 is 0 Å². The molecule has 152 valence electrons. The normalized spacial score (nSPS) is 14.2. The number of rotatable bonds is 3. The fraction of sp³-hybridized carbons (Fsp3) is 0.0800. The number of benzene rings is 3. The van der Waals surface area contributed by atoms with Gasteiger partial charge in [-0.1, -0.05) is 41.9 Å². The molecule has 0 N–H and O–H groups in total. The van der Waals surface area contributed by atoms with Gasteiger partial charge in [-0.2, -0.15) is 0 Å². The summed E-state index contributed by atoms with van der Waals surface area (Å²) in [6.45, 7) is 1.79. The quantitative estimate of drug-likeness (QED) is 0.372. The monoisotopic (exact) mass is 430 g/mol. The number of carbonyl (C=O) groups excluding carboxylic acids is 2. The summed E-state index contributed by atoms with van der Waals surface area (Å²) in [4.78, 5) is 32.0. The molecule has 0 saturated heterocycles. The van der Waals surface area contributed by atoms with Gasteiger partial charge in [-0.25, -0.2) is 9.37 Å². The molecule has 5 rings (SSSR count). The van der Waals surface area contributed by atoms with E-state index in [2.05, 4.69) is 4.98 Å². The minimum Gasteiger partial charge on any atom is -0.269 e. The Morgan fingerprint density at radius 2 is 1.48 bits per heavy atom. The van der Waals surface area contributed by atoms with E-state index in [1.54, 1.807) is 49.4 Å². The molecule has 1 atom stereocenters. The van der Waals surface area contributed by atoms with Gasteiger partial charge in [0.05, 0.1) is 28.4 Å². The zero-order chi connectivity index (χ0) is 21.7. The van der Waals surface area contributed by atoms with E-state index in [9.17, 15) is 14.0 Å². The molecule has 1 aromatic heterocycles. The van der Waals surface area contributed by atoms with Gasteiger partial charge in [-0.3, -0.25) is 14.5 Å². The Kier molecular flexibility index (Phi) is 4.56. The van der Waals surface area contributed by atoms with Gasteiger partial charge in [-0.05, 0) is 43.3 Å². The predicted molar refractivity (Wildman–Crippen MR) is 118 cm³/mol. The summed E-state index contributed by atoms with van der Waals surface area (Å²) in [7, 11) is 0. The van der Waals surface area contributed by atoms with Crippen LogP contribution in [0.2, 0.25) is 5.02 Å². The summed E-state index contributed by atoms with van der Waals surface area (Å²) < 4.78 is 13.8. The van der Waals surface area contributed by atoms with Crippen molar-refractivity contribution in [3.63, 3.8) is 0 Å². The van der Waals surface area contributed by atoms with Crippen molar-refractivity contribution in [1.29, 1.82) is 0 Å². The van der Waals surface area contributed by atoms with E-state index in [1.807, 2.05) is 18.2 Å². The fourth-order valence-electron chi connectivity index (χ4n) is 4.04. The molecule has 1 unspecified atom stereocenters. The molecule has 0 radical (unpaired) electrons. The van der Waals surface area contributed by atoms with Crippen LogP contribution in [0.3, 0.4) is 0 Å². The van der Waals surface area contributed by atoms with E-state index < -0.39 is 11.9 Å². The van der Waals surface area contributed by atoms with Crippen molar-refractivity contribution in [2.45, 2.75) is 13.0 Å². The van der Waals surface area contributed by atoms with Crippen molar-refractivity contribution >= 4 is 34.3 Å². The zero-order valence-electron chi connectivity index (χ0n) is 16.5. The van der Waals surface area contributed by atoms with Crippen LogP contribution in [0.5, 0.6) is 0 Å².